The highest BCUT2D eigenvalue weighted by molar-refractivity contribution is 7.10. The van der Waals surface area contributed by atoms with Crippen LogP contribution in [-0.2, 0) is 19.5 Å². The van der Waals surface area contributed by atoms with Crippen LogP contribution in [0.25, 0.3) is 0 Å². The quantitative estimate of drug-likeness (QED) is 0.536. The van der Waals surface area contributed by atoms with Crippen LogP contribution in [-0.4, -0.2) is 16.4 Å². The van der Waals surface area contributed by atoms with E-state index in [2.05, 4.69) is 16.3 Å². The molecule has 1 aromatic heterocycles. The van der Waals surface area contributed by atoms with Gasteiger partial charge in [0.25, 0.3) is 5.69 Å². The van der Waals surface area contributed by atoms with Gasteiger partial charge < -0.3 is 5.73 Å². The Balaban J connectivity index is 1.79. The van der Waals surface area contributed by atoms with E-state index in [0.29, 0.717) is 6.54 Å². The molecule has 0 saturated heterocycles. The molecule has 3 rings (SSSR count). The molecule has 5 nitrogen and oxygen atoms in total. The topological polar surface area (TPSA) is 72.4 Å². The number of fused-ring (bicyclic) bond motifs is 1. The Morgan fingerprint density at radius 2 is 2.25 bits per heavy atom. The van der Waals surface area contributed by atoms with E-state index in [1.54, 1.807) is 17.4 Å². The highest BCUT2D eigenvalue weighted by Gasteiger charge is 2.20. The number of thiophene rings is 1. The number of nitrogens with zero attached hydrogens (tertiary/aromatic N) is 2. The average Bonchev–Trinajstić information content (AvgIpc) is 2.88. The maximum atomic E-state index is 10.9. The van der Waals surface area contributed by atoms with E-state index in [9.17, 15) is 10.1 Å². The zero-order valence-electron chi connectivity index (χ0n) is 10.9. The first kappa shape index (κ1) is 13.1. The minimum absolute atomic E-state index is 0.00395. The fraction of sp³-hybridized carbons (Fsp3) is 0.286. The number of hydrogen-bond acceptors (Lipinski definition) is 5. The van der Waals surface area contributed by atoms with Gasteiger partial charge in [-0.2, -0.15) is 0 Å². The predicted molar refractivity (Wildman–Crippen MR) is 79.6 cm³/mol. The van der Waals surface area contributed by atoms with Crippen LogP contribution < -0.4 is 5.73 Å². The number of anilines is 1. The molecular weight excluding hydrogens is 274 g/mol. The second-order valence-electron chi connectivity index (χ2n) is 4.94. The van der Waals surface area contributed by atoms with Gasteiger partial charge in [0.05, 0.1) is 4.92 Å². The molecule has 0 fully saturated rings. The summed E-state index contributed by atoms with van der Waals surface area (Å²) >= 11 is 1.80. The summed E-state index contributed by atoms with van der Waals surface area (Å²) in [5, 5.41) is 13.0. The third-order valence-corrected chi connectivity index (χ3v) is 4.67. The molecule has 0 radical (unpaired) electrons. The van der Waals surface area contributed by atoms with Crippen LogP contribution in [0.3, 0.4) is 0 Å². The summed E-state index contributed by atoms with van der Waals surface area (Å²) in [5.41, 5.74) is 8.39. The van der Waals surface area contributed by atoms with E-state index in [1.165, 1.54) is 16.5 Å². The summed E-state index contributed by atoms with van der Waals surface area (Å²) in [6.07, 6.45) is 1.04. The Bertz CT molecular complexity index is 654. The lowest BCUT2D eigenvalue weighted by Gasteiger charge is -2.27. The largest absolute Gasteiger partial charge is 0.393 e. The zero-order valence-corrected chi connectivity index (χ0v) is 11.7. The van der Waals surface area contributed by atoms with Gasteiger partial charge in [0.2, 0.25) is 0 Å². The van der Waals surface area contributed by atoms with Crippen molar-refractivity contribution >= 4 is 22.7 Å². The van der Waals surface area contributed by atoms with Crippen molar-refractivity contribution in [3.8, 4) is 0 Å². The lowest BCUT2D eigenvalue weighted by Crippen LogP contribution is -2.29. The van der Waals surface area contributed by atoms with Crippen molar-refractivity contribution < 1.29 is 4.92 Å². The van der Waals surface area contributed by atoms with Crippen molar-refractivity contribution in [3.05, 3.63) is 55.8 Å². The smallest absolute Gasteiger partial charge is 0.292 e. The molecule has 104 valence electrons. The molecule has 1 aromatic carbocycles. The maximum Gasteiger partial charge on any atom is 0.292 e. The predicted octanol–water partition coefficient (Wildman–Crippen LogP) is 2.80. The van der Waals surface area contributed by atoms with Gasteiger partial charge in [0.15, 0.2) is 0 Å². The number of hydrogen-bond donors (Lipinski definition) is 1. The Morgan fingerprint density at radius 3 is 3.05 bits per heavy atom. The molecule has 0 unspecified atom stereocenters. The van der Waals surface area contributed by atoms with E-state index >= 15 is 0 Å². The third kappa shape index (κ3) is 2.39. The van der Waals surface area contributed by atoms with Gasteiger partial charge in [0, 0.05) is 30.6 Å². The SMILES string of the molecule is Nc1c(CN2CCc3sccc3C2)cccc1[N+](=O)[O-]. The van der Waals surface area contributed by atoms with Crippen LogP contribution in [0.1, 0.15) is 16.0 Å². The molecule has 0 bridgehead atoms. The standard InChI is InChI=1S/C14H15N3O2S/c15-14-11(2-1-3-12(14)17(18)19)9-16-6-4-13-10(8-16)5-7-20-13/h1-3,5,7H,4,6,8-9,15H2. The van der Waals surface area contributed by atoms with Gasteiger partial charge in [0.1, 0.15) is 5.69 Å². The fourth-order valence-corrected chi connectivity index (χ4v) is 3.47. The van der Waals surface area contributed by atoms with Crippen molar-refractivity contribution in [2.24, 2.45) is 0 Å². The molecule has 0 amide bonds. The van der Waals surface area contributed by atoms with E-state index < -0.39 is 4.92 Å². The van der Waals surface area contributed by atoms with E-state index in [4.69, 9.17) is 5.73 Å². The molecule has 2 N–H and O–H groups in total. The molecule has 2 heterocycles. The van der Waals surface area contributed by atoms with Crippen LogP contribution in [0.15, 0.2) is 29.6 Å². The van der Waals surface area contributed by atoms with E-state index in [0.717, 1.165) is 25.1 Å². The molecule has 2 aromatic rings. The van der Waals surface area contributed by atoms with Gasteiger partial charge in [-0.3, -0.25) is 15.0 Å². The van der Waals surface area contributed by atoms with Crippen LogP contribution in [0.2, 0.25) is 0 Å². The number of nitrogen functional groups attached to an aromatic ring is 1. The van der Waals surface area contributed by atoms with Crippen molar-refractivity contribution in [1.82, 2.24) is 4.90 Å². The average molecular weight is 289 g/mol. The fourth-order valence-electron chi connectivity index (χ4n) is 2.58. The normalized spacial score (nSPS) is 15.0. The van der Waals surface area contributed by atoms with Crippen LogP contribution in [0.4, 0.5) is 11.4 Å². The molecule has 0 aliphatic carbocycles. The lowest BCUT2D eigenvalue weighted by atomic mass is 10.1. The second kappa shape index (κ2) is 5.22. The minimum Gasteiger partial charge on any atom is -0.393 e. The Kier molecular flexibility index (Phi) is 3.42. The summed E-state index contributed by atoms with van der Waals surface area (Å²) < 4.78 is 0. The second-order valence-corrected chi connectivity index (χ2v) is 5.94. The van der Waals surface area contributed by atoms with Gasteiger partial charge in [-0.15, -0.1) is 11.3 Å². The number of nitro benzene ring substituents is 1. The first-order valence-electron chi connectivity index (χ1n) is 6.44. The van der Waals surface area contributed by atoms with Crippen LogP contribution in [0.5, 0.6) is 0 Å². The molecule has 6 heteroatoms. The molecule has 0 saturated carbocycles. The van der Waals surface area contributed by atoms with Crippen molar-refractivity contribution in [1.29, 1.82) is 0 Å². The minimum atomic E-state index is -0.425. The number of rotatable bonds is 3. The number of nitro groups is 1. The third-order valence-electron chi connectivity index (χ3n) is 3.65. The molecule has 20 heavy (non-hydrogen) atoms. The van der Waals surface area contributed by atoms with Crippen molar-refractivity contribution in [3.63, 3.8) is 0 Å². The first-order chi connectivity index (χ1) is 9.65. The molecule has 1 aliphatic rings. The summed E-state index contributed by atoms with van der Waals surface area (Å²) in [6, 6.07) is 7.17. The van der Waals surface area contributed by atoms with Gasteiger partial charge in [-0.1, -0.05) is 12.1 Å². The Morgan fingerprint density at radius 1 is 1.40 bits per heavy atom. The Labute approximate surface area is 120 Å². The van der Waals surface area contributed by atoms with Crippen LogP contribution >= 0.6 is 11.3 Å². The Hall–Kier alpha value is -1.92. The molecule has 0 spiro atoms. The van der Waals surface area contributed by atoms with E-state index in [1.807, 2.05) is 6.07 Å². The van der Waals surface area contributed by atoms with Gasteiger partial charge >= 0.3 is 0 Å². The van der Waals surface area contributed by atoms with Crippen molar-refractivity contribution in [2.45, 2.75) is 19.5 Å². The highest BCUT2D eigenvalue weighted by Crippen LogP contribution is 2.29. The number of para-hydroxylation sites is 1. The summed E-state index contributed by atoms with van der Waals surface area (Å²) in [4.78, 5) is 14.2. The molecule has 0 atom stereocenters. The lowest BCUT2D eigenvalue weighted by molar-refractivity contribution is -0.384. The zero-order chi connectivity index (χ0) is 14.1. The van der Waals surface area contributed by atoms with Crippen molar-refractivity contribution in [2.75, 3.05) is 12.3 Å². The monoisotopic (exact) mass is 289 g/mol. The molecular formula is C14H15N3O2S. The van der Waals surface area contributed by atoms with Crippen LogP contribution in [0, 0.1) is 10.1 Å². The molecule has 1 aliphatic heterocycles. The number of nitrogens with two attached hydrogens (primary N) is 1. The van der Waals surface area contributed by atoms with Gasteiger partial charge in [-0.25, -0.2) is 0 Å². The number of benzene rings is 1. The summed E-state index contributed by atoms with van der Waals surface area (Å²) in [6.45, 7) is 2.51. The van der Waals surface area contributed by atoms with E-state index in [-0.39, 0.29) is 11.4 Å². The highest BCUT2D eigenvalue weighted by atomic mass is 32.1. The summed E-state index contributed by atoms with van der Waals surface area (Å²) in [7, 11) is 0. The first-order valence-corrected chi connectivity index (χ1v) is 7.32. The summed E-state index contributed by atoms with van der Waals surface area (Å²) in [5.74, 6) is 0. The maximum absolute atomic E-state index is 10.9. The van der Waals surface area contributed by atoms with Gasteiger partial charge in [-0.05, 0) is 29.0 Å².